The predicted molar refractivity (Wildman–Crippen MR) is 88.9 cm³/mol. The molecule has 7 nitrogen and oxygen atoms in total. The average Bonchev–Trinajstić information content (AvgIpc) is 2.52. The molecule has 1 aliphatic heterocycles. The summed E-state index contributed by atoms with van der Waals surface area (Å²) in [5, 5.41) is 5.89. The lowest BCUT2D eigenvalue weighted by molar-refractivity contribution is -0.121. The second-order valence-corrected chi connectivity index (χ2v) is 5.63. The van der Waals surface area contributed by atoms with E-state index >= 15 is 0 Å². The molecule has 4 N–H and O–H groups in total. The molecule has 7 heteroatoms. The molecule has 1 aliphatic rings. The quantitative estimate of drug-likeness (QED) is 0.314. The van der Waals surface area contributed by atoms with Crippen LogP contribution in [0.1, 0.15) is 33.1 Å². The van der Waals surface area contributed by atoms with E-state index in [1.807, 2.05) is 13.8 Å². The van der Waals surface area contributed by atoms with E-state index in [1.54, 1.807) is 0 Å². The maximum Gasteiger partial charge on any atom is 0.221 e. The molecular weight excluding hydrogens is 282 g/mol. The summed E-state index contributed by atoms with van der Waals surface area (Å²) in [4.78, 5) is 18.2. The van der Waals surface area contributed by atoms with Crippen molar-refractivity contribution in [3.05, 3.63) is 0 Å². The van der Waals surface area contributed by atoms with E-state index in [0.717, 1.165) is 45.7 Å². The number of morpholine rings is 1. The number of ether oxygens (including phenoxy) is 1. The van der Waals surface area contributed by atoms with Crippen LogP contribution in [0.5, 0.6) is 0 Å². The number of carbonyl (C=O) groups is 1. The van der Waals surface area contributed by atoms with Gasteiger partial charge in [0.1, 0.15) is 0 Å². The summed E-state index contributed by atoms with van der Waals surface area (Å²) in [6.45, 7) is 9.94. The lowest BCUT2D eigenvalue weighted by Crippen LogP contribution is -2.38. The maximum atomic E-state index is 11.6. The van der Waals surface area contributed by atoms with Crippen molar-refractivity contribution in [2.75, 3.05) is 45.9 Å². The van der Waals surface area contributed by atoms with Crippen LogP contribution >= 0.6 is 0 Å². The highest BCUT2D eigenvalue weighted by Crippen LogP contribution is 1.97. The molecule has 1 rings (SSSR count). The third-order valence-electron chi connectivity index (χ3n) is 3.70. The lowest BCUT2D eigenvalue weighted by atomic mass is 10.2. The van der Waals surface area contributed by atoms with Gasteiger partial charge >= 0.3 is 0 Å². The maximum absolute atomic E-state index is 11.6. The smallest absolute Gasteiger partial charge is 0.221 e. The van der Waals surface area contributed by atoms with Gasteiger partial charge in [-0.25, -0.2) is 0 Å². The molecule has 0 aromatic rings. The SMILES string of the molecule is CCC(C)NC(=O)CCNC(N)=NCCCN1CCOCC1. The first-order valence-electron chi connectivity index (χ1n) is 8.25. The van der Waals surface area contributed by atoms with Gasteiger partial charge in [-0.3, -0.25) is 14.7 Å². The molecular formula is C15H31N5O2. The second-order valence-electron chi connectivity index (χ2n) is 5.63. The van der Waals surface area contributed by atoms with Gasteiger partial charge in [0, 0.05) is 45.2 Å². The van der Waals surface area contributed by atoms with Crippen LogP contribution in [0.3, 0.4) is 0 Å². The van der Waals surface area contributed by atoms with Gasteiger partial charge in [-0.1, -0.05) is 6.92 Å². The van der Waals surface area contributed by atoms with Crippen molar-refractivity contribution in [3.8, 4) is 0 Å². The highest BCUT2D eigenvalue weighted by Gasteiger charge is 2.09. The first-order valence-corrected chi connectivity index (χ1v) is 8.25. The molecule has 0 bridgehead atoms. The minimum Gasteiger partial charge on any atom is -0.379 e. The van der Waals surface area contributed by atoms with Crippen molar-refractivity contribution < 1.29 is 9.53 Å². The number of amides is 1. The van der Waals surface area contributed by atoms with Crippen LogP contribution in [0.4, 0.5) is 0 Å². The van der Waals surface area contributed by atoms with E-state index < -0.39 is 0 Å². The Labute approximate surface area is 133 Å². The summed E-state index contributed by atoms with van der Waals surface area (Å²) in [5.41, 5.74) is 5.78. The molecule has 0 radical (unpaired) electrons. The minimum atomic E-state index is 0.0435. The molecule has 0 saturated carbocycles. The summed E-state index contributed by atoms with van der Waals surface area (Å²) in [6, 6.07) is 0.221. The average molecular weight is 313 g/mol. The Balaban J connectivity index is 2.03. The van der Waals surface area contributed by atoms with Crippen LogP contribution in [-0.2, 0) is 9.53 Å². The highest BCUT2D eigenvalue weighted by atomic mass is 16.5. The Kier molecular flexibility index (Phi) is 9.57. The van der Waals surface area contributed by atoms with E-state index in [-0.39, 0.29) is 11.9 Å². The van der Waals surface area contributed by atoms with Crippen LogP contribution < -0.4 is 16.4 Å². The van der Waals surface area contributed by atoms with Gasteiger partial charge in [-0.05, 0) is 19.8 Å². The van der Waals surface area contributed by atoms with Crippen LogP contribution in [0, 0.1) is 0 Å². The Hall–Kier alpha value is -1.34. The summed E-state index contributed by atoms with van der Waals surface area (Å²) in [6.07, 6.45) is 2.33. The molecule has 1 amide bonds. The van der Waals surface area contributed by atoms with Crippen molar-refractivity contribution >= 4 is 11.9 Å². The molecule has 1 atom stereocenters. The number of carbonyl (C=O) groups excluding carboxylic acids is 1. The predicted octanol–water partition coefficient (Wildman–Crippen LogP) is -0.0822. The van der Waals surface area contributed by atoms with Gasteiger partial charge in [0.05, 0.1) is 13.2 Å². The molecule has 22 heavy (non-hydrogen) atoms. The van der Waals surface area contributed by atoms with Crippen molar-refractivity contribution in [1.29, 1.82) is 0 Å². The van der Waals surface area contributed by atoms with Gasteiger partial charge in [0.15, 0.2) is 5.96 Å². The zero-order chi connectivity index (χ0) is 16.2. The Bertz CT molecular complexity index is 343. The Morgan fingerprint density at radius 1 is 1.41 bits per heavy atom. The van der Waals surface area contributed by atoms with E-state index in [1.165, 1.54) is 0 Å². The molecule has 0 aliphatic carbocycles. The standard InChI is InChI=1S/C15H31N5O2/c1-3-13(2)19-14(21)5-7-18-15(16)17-6-4-8-20-9-11-22-12-10-20/h13H,3-12H2,1-2H3,(H,19,21)(H3,16,17,18). The third kappa shape index (κ3) is 8.84. The largest absolute Gasteiger partial charge is 0.379 e. The third-order valence-corrected chi connectivity index (χ3v) is 3.70. The number of rotatable bonds is 9. The van der Waals surface area contributed by atoms with E-state index in [0.29, 0.717) is 25.5 Å². The van der Waals surface area contributed by atoms with Gasteiger partial charge in [0.25, 0.3) is 0 Å². The highest BCUT2D eigenvalue weighted by molar-refractivity contribution is 5.80. The van der Waals surface area contributed by atoms with Gasteiger partial charge in [-0.2, -0.15) is 0 Å². The number of nitrogens with zero attached hydrogens (tertiary/aromatic N) is 2. The fourth-order valence-electron chi connectivity index (χ4n) is 2.13. The molecule has 1 heterocycles. The topological polar surface area (TPSA) is 92.0 Å². The molecule has 1 fully saturated rings. The Morgan fingerprint density at radius 2 is 2.14 bits per heavy atom. The molecule has 0 aromatic carbocycles. The fraction of sp³-hybridized carbons (Fsp3) is 0.867. The van der Waals surface area contributed by atoms with E-state index in [9.17, 15) is 4.79 Å². The number of guanidine groups is 1. The fourth-order valence-corrected chi connectivity index (χ4v) is 2.13. The molecule has 0 spiro atoms. The first-order chi connectivity index (χ1) is 10.6. The van der Waals surface area contributed by atoms with Crippen LogP contribution in [0.25, 0.3) is 0 Å². The van der Waals surface area contributed by atoms with Gasteiger partial charge < -0.3 is 21.1 Å². The summed E-state index contributed by atoms with van der Waals surface area (Å²) in [7, 11) is 0. The van der Waals surface area contributed by atoms with Crippen molar-refractivity contribution in [2.24, 2.45) is 10.7 Å². The number of nitrogens with two attached hydrogens (primary N) is 1. The normalized spacial score (nSPS) is 18.0. The zero-order valence-electron chi connectivity index (χ0n) is 13.9. The van der Waals surface area contributed by atoms with Gasteiger partial charge in [-0.15, -0.1) is 0 Å². The molecule has 0 aromatic heterocycles. The van der Waals surface area contributed by atoms with Gasteiger partial charge in [0.2, 0.25) is 5.91 Å². The minimum absolute atomic E-state index is 0.0435. The molecule has 1 unspecified atom stereocenters. The van der Waals surface area contributed by atoms with E-state index in [2.05, 4.69) is 20.5 Å². The first kappa shape index (κ1) is 18.7. The van der Waals surface area contributed by atoms with Crippen LogP contribution in [0.2, 0.25) is 0 Å². The number of aliphatic imine (C=N–C) groups is 1. The Morgan fingerprint density at radius 3 is 2.82 bits per heavy atom. The molecule has 128 valence electrons. The van der Waals surface area contributed by atoms with E-state index in [4.69, 9.17) is 10.5 Å². The van der Waals surface area contributed by atoms with Crippen LogP contribution in [0.15, 0.2) is 4.99 Å². The van der Waals surface area contributed by atoms with Crippen LogP contribution in [-0.4, -0.2) is 68.7 Å². The number of hydrogen-bond acceptors (Lipinski definition) is 4. The molecule has 1 saturated heterocycles. The monoisotopic (exact) mass is 313 g/mol. The summed E-state index contributed by atoms with van der Waals surface area (Å²) < 4.78 is 5.31. The zero-order valence-corrected chi connectivity index (χ0v) is 13.9. The van der Waals surface area contributed by atoms with Crippen molar-refractivity contribution in [3.63, 3.8) is 0 Å². The number of nitrogens with one attached hydrogen (secondary N) is 2. The van der Waals surface area contributed by atoms with Crippen molar-refractivity contribution in [2.45, 2.75) is 39.2 Å². The summed E-state index contributed by atoms with van der Waals surface area (Å²) in [5.74, 6) is 0.459. The summed E-state index contributed by atoms with van der Waals surface area (Å²) >= 11 is 0. The van der Waals surface area contributed by atoms with Crippen molar-refractivity contribution in [1.82, 2.24) is 15.5 Å². The second kappa shape index (κ2) is 11.3. The number of hydrogen-bond donors (Lipinski definition) is 3. The lowest BCUT2D eigenvalue weighted by Gasteiger charge is -2.26.